The SMILES string of the molecule is CN1CCN=C1NCc1ccc(-n2cccn2)cc1. The molecule has 1 N–H and O–H groups in total. The molecule has 1 aliphatic rings. The number of likely N-dealkylation sites (N-methyl/N-ethyl adjacent to an activating group) is 1. The minimum Gasteiger partial charge on any atom is -0.352 e. The van der Waals surface area contributed by atoms with Crippen LogP contribution in [0.25, 0.3) is 5.69 Å². The van der Waals surface area contributed by atoms with E-state index in [1.54, 1.807) is 6.20 Å². The van der Waals surface area contributed by atoms with E-state index in [-0.39, 0.29) is 0 Å². The summed E-state index contributed by atoms with van der Waals surface area (Å²) in [6.07, 6.45) is 3.72. The normalized spacial score (nSPS) is 14.6. The second-order valence-corrected chi connectivity index (χ2v) is 4.60. The molecule has 0 spiro atoms. The maximum Gasteiger partial charge on any atom is 0.194 e. The largest absolute Gasteiger partial charge is 0.352 e. The summed E-state index contributed by atoms with van der Waals surface area (Å²) in [4.78, 5) is 6.54. The number of benzene rings is 1. The fourth-order valence-electron chi connectivity index (χ4n) is 2.09. The minimum absolute atomic E-state index is 0.794. The summed E-state index contributed by atoms with van der Waals surface area (Å²) in [5.74, 6) is 0.983. The van der Waals surface area contributed by atoms with Gasteiger partial charge in [-0.1, -0.05) is 12.1 Å². The molecule has 1 aliphatic heterocycles. The quantitative estimate of drug-likeness (QED) is 0.898. The number of guanidine groups is 1. The molecule has 0 atom stereocenters. The molecule has 19 heavy (non-hydrogen) atoms. The summed E-state index contributed by atoms with van der Waals surface area (Å²) < 4.78 is 1.85. The Labute approximate surface area is 112 Å². The van der Waals surface area contributed by atoms with Gasteiger partial charge in [-0.05, 0) is 23.8 Å². The Bertz CT molecular complexity index is 556. The van der Waals surface area contributed by atoms with Gasteiger partial charge in [-0.15, -0.1) is 0 Å². The summed E-state index contributed by atoms with van der Waals surface area (Å²) >= 11 is 0. The van der Waals surface area contributed by atoms with E-state index in [0.29, 0.717) is 0 Å². The maximum atomic E-state index is 4.41. The molecule has 2 heterocycles. The van der Waals surface area contributed by atoms with Crippen molar-refractivity contribution in [2.45, 2.75) is 6.54 Å². The summed E-state index contributed by atoms with van der Waals surface area (Å²) in [6.45, 7) is 2.68. The smallest absolute Gasteiger partial charge is 0.194 e. The van der Waals surface area contributed by atoms with E-state index in [9.17, 15) is 0 Å². The molecule has 0 saturated carbocycles. The molecular weight excluding hydrogens is 238 g/mol. The van der Waals surface area contributed by atoms with Crippen molar-refractivity contribution in [1.82, 2.24) is 20.0 Å². The number of nitrogens with one attached hydrogen (secondary N) is 1. The molecule has 5 heteroatoms. The van der Waals surface area contributed by atoms with Gasteiger partial charge in [0.15, 0.2) is 5.96 Å². The van der Waals surface area contributed by atoms with Crippen LogP contribution in [0.2, 0.25) is 0 Å². The van der Waals surface area contributed by atoms with Gasteiger partial charge in [0.2, 0.25) is 0 Å². The van der Waals surface area contributed by atoms with E-state index in [1.165, 1.54) is 5.56 Å². The Morgan fingerprint density at radius 3 is 2.74 bits per heavy atom. The zero-order chi connectivity index (χ0) is 13.1. The monoisotopic (exact) mass is 255 g/mol. The van der Waals surface area contributed by atoms with Crippen molar-refractivity contribution in [3.8, 4) is 5.69 Å². The van der Waals surface area contributed by atoms with Crippen molar-refractivity contribution in [2.24, 2.45) is 4.99 Å². The molecule has 0 fully saturated rings. The first-order chi connectivity index (χ1) is 9.33. The zero-order valence-corrected chi connectivity index (χ0v) is 11.0. The number of rotatable bonds is 3. The molecule has 5 nitrogen and oxygen atoms in total. The zero-order valence-electron chi connectivity index (χ0n) is 11.0. The third-order valence-corrected chi connectivity index (χ3v) is 3.21. The van der Waals surface area contributed by atoms with E-state index < -0.39 is 0 Å². The molecule has 0 amide bonds. The first-order valence-electron chi connectivity index (χ1n) is 6.41. The topological polar surface area (TPSA) is 45.5 Å². The third kappa shape index (κ3) is 2.59. The third-order valence-electron chi connectivity index (χ3n) is 3.21. The molecule has 0 radical (unpaired) electrons. The molecule has 0 bridgehead atoms. The highest BCUT2D eigenvalue weighted by Gasteiger charge is 2.11. The highest BCUT2D eigenvalue weighted by atomic mass is 15.3. The lowest BCUT2D eigenvalue weighted by molar-refractivity contribution is 0.534. The van der Waals surface area contributed by atoms with Crippen LogP contribution >= 0.6 is 0 Å². The van der Waals surface area contributed by atoms with Gasteiger partial charge >= 0.3 is 0 Å². The van der Waals surface area contributed by atoms with Crippen LogP contribution < -0.4 is 5.32 Å². The number of hydrogen-bond acceptors (Lipinski definition) is 4. The van der Waals surface area contributed by atoms with E-state index in [0.717, 1.165) is 31.3 Å². The first kappa shape index (κ1) is 11.8. The van der Waals surface area contributed by atoms with Crippen LogP contribution in [0.3, 0.4) is 0 Å². The van der Waals surface area contributed by atoms with Crippen LogP contribution in [0.4, 0.5) is 0 Å². The number of nitrogens with zero attached hydrogens (tertiary/aromatic N) is 4. The maximum absolute atomic E-state index is 4.41. The Morgan fingerprint density at radius 1 is 1.26 bits per heavy atom. The molecule has 3 rings (SSSR count). The Hall–Kier alpha value is -2.30. The molecule has 0 aliphatic carbocycles. The lowest BCUT2D eigenvalue weighted by Gasteiger charge is -2.15. The minimum atomic E-state index is 0.794. The summed E-state index contributed by atoms with van der Waals surface area (Å²) in [5.41, 5.74) is 2.31. The molecule has 0 saturated heterocycles. The van der Waals surface area contributed by atoms with E-state index >= 15 is 0 Å². The van der Waals surface area contributed by atoms with Gasteiger partial charge in [-0.2, -0.15) is 5.10 Å². The molecule has 2 aromatic rings. The number of hydrogen-bond donors (Lipinski definition) is 1. The van der Waals surface area contributed by atoms with Gasteiger partial charge in [-0.25, -0.2) is 4.68 Å². The van der Waals surface area contributed by atoms with Crippen molar-refractivity contribution in [2.75, 3.05) is 20.1 Å². The van der Waals surface area contributed by atoms with Gasteiger partial charge < -0.3 is 10.2 Å². The van der Waals surface area contributed by atoms with Crippen LogP contribution in [-0.2, 0) is 6.54 Å². The van der Waals surface area contributed by atoms with Gasteiger partial charge in [-0.3, -0.25) is 4.99 Å². The van der Waals surface area contributed by atoms with Crippen molar-refractivity contribution in [1.29, 1.82) is 0 Å². The number of aromatic nitrogens is 2. The highest BCUT2D eigenvalue weighted by Crippen LogP contribution is 2.08. The lowest BCUT2D eigenvalue weighted by Crippen LogP contribution is -2.35. The van der Waals surface area contributed by atoms with Crippen LogP contribution in [0, 0.1) is 0 Å². The van der Waals surface area contributed by atoms with E-state index in [1.807, 2.05) is 16.9 Å². The number of aliphatic imine (C=N–C) groups is 1. The molecule has 98 valence electrons. The second kappa shape index (κ2) is 5.14. The average Bonchev–Trinajstić information content (AvgIpc) is 3.09. The summed E-state index contributed by atoms with van der Waals surface area (Å²) in [7, 11) is 2.06. The van der Waals surface area contributed by atoms with Crippen LogP contribution in [0.5, 0.6) is 0 Å². The standard InChI is InChI=1S/C14H17N5/c1-18-10-8-15-14(18)16-11-12-3-5-13(6-4-12)19-9-2-7-17-19/h2-7,9H,8,10-11H2,1H3,(H,15,16). The molecule has 0 unspecified atom stereocenters. The second-order valence-electron chi connectivity index (χ2n) is 4.60. The van der Waals surface area contributed by atoms with E-state index in [4.69, 9.17) is 0 Å². The van der Waals surface area contributed by atoms with Gasteiger partial charge in [0.05, 0.1) is 12.2 Å². The lowest BCUT2D eigenvalue weighted by atomic mass is 10.2. The van der Waals surface area contributed by atoms with Crippen molar-refractivity contribution in [3.05, 3.63) is 48.3 Å². The summed E-state index contributed by atoms with van der Waals surface area (Å²) in [6, 6.07) is 10.3. The highest BCUT2D eigenvalue weighted by molar-refractivity contribution is 5.81. The van der Waals surface area contributed by atoms with Crippen LogP contribution in [-0.4, -0.2) is 40.8 Å². The summed E-state index contributed by atoms with van der Waals surface area (Å²) in [5, 5.41) is 7.57. The van der Waals surface area contributed by atoms with Crippen LogP contribution in [0.15, 0.2) is 47.7 Å². The van der Waals surface area contributed by atoms with Crippen molar-refractivity contribution in [3.63, 3.8) is 0 Å². The first-order valence-corrected chi connectivity index (χ1v) is 6.41. The average molecular weight is 255 g/mol. The molecular formula is C14H17N5. The van der Waals surface area contributed by atoms with Crippen molar-refractivity contribution >= 4 is 5.96 Å². The van der Waals surface area contributed by atoms with Gasteiger partial charge in [0.25, 0.3) is 0 Å². The fraction of sp³-hybridized carbons (Fsp3) is 0.286. The fourth-order valence-corrected chi connectivity index (χ4v) is 2.09. The molecule has 1 aromatic heterocycles. The Morgan fingerprint density at radius 2 is 2.11 bits per heavy atom. The Kier molecular flexibility index (Phi) is 3.18. The van der Waals surface area contributed by atoms with Gasteiger partial charge in [0.1, 0.15) is 0 Å². The Balaban J connectivity index is 1.63. The predicted molar refractivity (Wildman–Crippen MR) is 75.3 cm³/mol. The van der Waals surface area contributed by atoms with Crippen molar-refractivity contribution < 1.29 is 0 Å². The van der Waals surface area contributed by atoms with Gasteiger partial charge in [0, 0.05) is 32.5 Å². The van der Waals surface area contributed by atoms with Crippen LogP contribution in [0.1, 0.15) is 5.56 Å². The van der Waals surface area contributed by atoms with E-state index in [2.05, 4.69) is 51.6 Å². The predicted octanol–water partition coefficient (Wildman–Crippen LogP) is 1.26. The molecule has 1 aromatic carbocycles.